The van der Waals surface area contributed by atoms with Gasteiger partial charge in [-0.3, -0.25) is 0 Å². The number of hydrogen-bond donors (Lipinski definition) is 1. The van der Waals surface area contributed by atoms with Crippen LogP contribution in [0, 0.1) is 27.7 Å². The minimum atomic E-state index is 0.127. The molecule has 0 heterocycles. The standard InChI is InChI=1S/C18H22ClN/c1-11-10-12(2)14(4)17(13(11)3)18(20-5)15-8-6-7-9-16(15)19/h6-10,18,20H,1-5H3. The van der Waals surface area contributed by atoms with Crippen molar-refractivity contribution in [2.45, 2.75) is 33.7 Å². The van der Waals surface area contributed by atoms with Crippen molar-refractivity contribution in [1.82, 2.24) is 5.32 Å². The summed E-state index contributed by atoms with van der Waals surface area (Å²) in [6.07, 6.45) is 0. The molecular weight excluding hydrogens is 266 g/mol. The number of aryl methyl sites for hydroxylation is 2. The summed E-state index contributed by atoms with van der Waals surface area (Å²) < 4.78 is 0. The Balaban J connectivity index is 2.68. The molecule has 0 aromatic heterocycles. The molecule has 2 rings (SSSR count). The Labute approximate surface area is 127 Å². The Morgan fingerprint density at radius 3 is 2.00 bits per heavy atom. The Morgan fingerprint density at radius 1 is 0.950 bits per heavy atom. The molecule has 0 bridgehead atoms. The van der Waals surface area contributed by atoms with Crippen molar-refractivity contribution < 1.29 is 0 Å². The van der Waals surface area contributed by atoms with E-state index in [-0.39, 0.29) is 6.04 Å². The second-order valence-electron chi connectivity index (χ2n) is 5.42. The zero-order valence-corrected chi connectivity index (χ0v) is 13.6. The normalized spacial score (nSPS) is 12.5. The van der Waals surface area contributed by atoms with Gasteiger partial charge in [0.2, 0.25) is 0 Å². The van der Waals surface area contributed by atoms with E-state index in [9.17, 15) is 0 Å². The molecule has 2 aromatic carbocycles. The summed E-state index contributed by atoms with van der Waals surface area (Å²) in [6.45, 7) is 8.73. The predicted molar refractivity (Wildman–Crippen MR) is 87.7 cm³/mol. The van der Waals surface area contributed by atoms with Crippen molar-refractivity contribution in [3.8, 4) is 0 Å². The molecule has 0 radical (unpaired) electrons. The van der Waals surface area contributed by atoms with Crippen molar-refractivity contribution in [3.05, 3.63) is 68.7 Å². The molecule has 0 saturated carbocycles. The smallest absolute Gasteiger partial charge is 0.0594 e. The van der Waals surface area contributed by atoms with Gasteiger partial charge in [0.25, 0.3) is 0 Å². The molecule has 1 atom stereocenters. The lowest BCUT2D eigenvalue weighted by Crippen LogP contribution is -2.21. The average molecular weight is 288 g/mol. The second kappa shape index (κ2) is 5.99. The van der Waals surface area contributed by atoms with Gasteiger partial charge < -0.3 is 5.32 Å². The maximum atomic E-state index is 6.39. The van der Waals surface area contributed by atoms with Crippen LogP contribution in [0.5, 0.6) is 0 Å². The van der Waals surface area contributed by atoms with E-state index in [1.807, 2.05) is 25.2 Å². The topological polar surface area (TPSA) is 12.0 Å². The molecule has 1 N–H and O–H groups in total. The van der Waals surface area contributed by atoms with Crippen LogP contribution in [0.25, 0.3) is 0 Å². The van der Waals surface area contributed by atoms with Crippen LogP contribution in [0.1, 0.15) is 39.4 Å². The van der Waals surface area contributed by atoms with Crippen molar-refractivity contribution in [2.24, 2.45) is 0 Å². The van der Waals surface area contributed by atoms with Crippen molar-refractivity contribution in [3.63, 3.8) is 0 Å². The molecule has 20 heavy (non-hydrogen) atoms. The predicted octanol–water partition coefficient (Wildman–Crippen LogP) is 4.88. The number of benzene rings is 2. The second-order valence-corrected chi connectivity index (χ2v) is 5.82. The third kappa shape index (κ3) is 2.61. The molecule has 2 aromatic rings. The van der Waals surface area contributed by atoms with E-state index >= 15 is 0 Å². The van der Waals surface area contributed by atoms with E-state index < -0.39 is 0 Å². The summed E-state index contributed by atoms with van der Waals surface area (Å²) in [6, 6.07) is 10.4. The van der Waals surface area contributed by atoms with Crippen molar-refractivity contribution in [2.75, 3.05) is 7.05 Å². The highest BCUT2D eigenvalue weighted by Gasteiger charge is 2.20. The van der Waals surface area contributed by atoms with Crippen LogP contribution in [0.2, 0.25) is 5.02 Å². The summed E-state index contributed by atoms with van der Waals surface area (Å²) in [5, 5.41) is 4.24. The monoisotopic (exact) mass is 287 g/mol. The van der Waals surface area contributed by atoms with Gasteiger partial charge in [0, 0.05) is 5.02 Å². The number of rotatable bonds is 3. The summed E-state index contributed by atoms with van der Waals surface area (Å²) in [4.78, 5) is 0. The molecule has 1 nitrogen and oxygen atoms in total. The SMILES string of the molecule is CNC(c1ccccc1Cl)c1c(C)c(C)cc(C)c1C. The highest BCUT2D eigenvalue weighted by Crippen LogP contribution is 2.34. The quantitative estimate of drug-likeness (QED) is 0.848. The first-order valence-corrected chi connectivity index (χ1v) is 7.34. The summed E-state index contributed by atoms with van der Waals surface area (Å²) >= 11 is 6.39. The maximum absolute atomic E-state index is 6.39. The first kappa shape index (κ1) is 15.1. The molecular formula is C18H22ClN. The minimum absolute atomic E-state index is 0.127. The molecule has 1 unspecified atom stereocenters. The van der Waals surface area contributed by atoms with Crippen LogP contribution < -0.4 is 5.32 Å². The van der Waals surface area contributed by atoms with Crippen LogP contribution in [-0.2, 0) is 0 Å². The Morgan fingerprint density at radius 2 is 1.50 bits per heavy atom. The Hall–Kier alpha value is -1.31. The van der Waals surface area contributed by atoms with Gasteiger partial charge in [0.1, 0.15) is 0 Å². The summed E-state index contributed by atoms with van der Waals surface area (Å²) in [7, 11) is 1.99. The Bertz CT molecular complexity index is 605. The van der Waals surface area contributed by atoms with Crippen LogP contribution in [0.3, 0.4) is 0 Å². The molecule has 2 heteroatoms. The van der Waals surface area contributed by atoms with Gasteiger partial charge in [-0.25, -0.2) is 0 Å². The van der Waals surface area contributed by atoms with Gasteiger partial charge in [0.15, 0.2) is 0 Å². The van der Waals surface area contributed by atoms with Gasteiger partial charge in [-0.15, -0.1) is 0 Å². The van der Waals surface area contributed by atoms with Gasteiger partial charge in [-0.05, 0) is 74.2 Å². The van der Waals surface area contributed by atoms with E-state index in [0.29, 0.717) is 0 Å². The molecule has 0 aliphatic rings. The zero-order valence-electron chi connectivity index (χ0n) is 12.8. The first-order valence-electron chi connectivity index (χ1n) is 6.96. The molecule has 0 saturated heterocycles. The lowest BCUT2D eigenvalue weighted by molar-refractivity contribution is 0.681. The fraction of sp³-hybridized carbons (Fsp3) is 0.333. The van der Waals surface area contributed by atoms with Gasteiger partial charge in [-0.2, -0.15) is 0 Å². The molecule has 106 valence electrons. The van der Waals surface area contributed by atoms with Crippen molar-refractivity contribution >= 4 is 11.6 Å². The lowest BCUT2D eigenvalue weighted by Gasteiger charge is -2.25. The number of halogens is 1. The molecule has 0 amide bonds. The highest BCUT2D eigenvalue weighted by atomic mass is 35.5. The largest absolute Gasteiger partial charge is 0.309 e. The first-order chi connectivity index (χ1) is 9.47. The minimum Gasteiger partial charge on any atom is -0.309 e. The van der Waals surface area contributed by atoms with Gasteiger partial charge in [0.05, 0.1) is 6.04 Å². The summed E-state index contributed by atoms with van der Waals surface area (Å²) in [5.41, 5.74) is 7.82. The zero-order chi connectivity index (χ0) is 14.9. The lowest BCUT2D eigenvalue weighted by atomic mass is 9.87. The Kier molecular flexibility index (Phi) is 4.52. The van der Waals surface area contributed by atoms with Crippen LogP contribution in [-0.4, -0.2) is 7.05 Å². The van der Waals surface area contributed by atoms with E-state index in [1.165, 1.54) is 27.8 Å². The summed E-state index contributed by atoms with van der Waals surface area (Å²) in [5.74, 6) is 0. The van der Waals surface area contributed by atoms with Crippen molar-refractivity contribution in [1.29, 1.82) is 0 Å². The van der Waals surface area contributed by atoms with Crippen LogP contribution in [0.4, 0.5) is 0 Å². The molecule has 0 aliphatic carbocycles. The molecule has 0 spiro atoms. The number of hydrogen-bond acceptors (Lipinski definition) is 1. The van der Waals surface area contributed by atoms with Crippen LogP contribution >= 0.6 is 11.6 Å². The van der Waals surface area contributed by atoms with Gasteiger partial charge >= 0.3 is 0 Å². The van der Waals surface area contributed by atoms with E-state index in [2.05, 4.69) is 45.1 Å². The number of nitrogens with one attached hydrogen (secondary N) is 1. The third-order valence-electron chi connectivity index (χ3n) is 4.22. The van der Waals surface area contributed by atoms with E-state index in [0.717, 1.165) is 10.6 Å². The highest BCUT2D eigenvalue weighted by molar-refractivity contribution is 6.31. The van der Waals surface area contributed by atoms with Gasteiger partial charge in [-0.1, -0.05) is 35.9 Å². The third-order valence-corrected chi connectivity index (χ3v) is 4.56. The molecule has 0 aliphatic heterocycles. The maximum Gasteiger partial charge on any atom is 0.0594 e. The van der Waals surface area contributed by atoms with E-state index in [4.69, 9.17) is 11.6 Å². The molecule has 0 fully saturated rings. The fourth-order valence-electron chi connectivity index (χ4n) is 2.84. The van der Waals surface area contributed by atoms with Crippen LogP contribution in [0.15, 0.2) is 30.3 Å². The fourth-order valence-corrected chi connectivity index (χ4v) is 3.09. The van der Waals surface area contributed by atoms with E-state index in [1.54, 1.807) is 0 Å². The average Bonchev–Trinajstić information content (AvgIpc) is 2.42.